The summed E-state index contributed by atoms with van der Waals surface area (Å²) in [5.74, 6) is -0.120. The maximum absolute atomic E-state index is 12.4. The van der Waals surface area contributed by atoms with Crippen molar-refractivity contribution >= 4 is 11.9 Å². The average molecular weight is 858 g/mol. The molecule has 0 bridgehead atoms. The van der Waals surface area contributed by atoms with Crippen molar-refractivity contribution in [3.63, 3.8) is 0 Å². The van der Waals surface area contributed by atoms with Crippen LogP contribution in [0.1, 0.15) is 277 Å². The molecule has 358 valence electrons. The summed E-state index contributed by atoms with van der Waals surface area (Å²) >= 11 is 0. The number of carbonyl (C=O) groups is 2. The lowest BCUT2D eigenvalue weighted by molar-refractivity contribution is -0.143. The second kappa shape index (κ2) is 50.7. The first-order valence-corrected chi connectivity index (χ1v) is 26.8. The van der Waals surface area contributed by atoms with Crippen LogP contribution in [0.4, 0.5) is 0 Å². The van der Waals surface area contributed by atoms with E-state index in [0.29, 0.717) is 19.4 Å². The SMILES string of the molecule is CCCCCCCCC/C=C\CCCCCCCC(=O)OCCCCCCCC/C=C\CCCCCC(=O)NC(CO)C(O)/C=C/CCCCCCCCCCCCCCC. The Balaban J connectivity index is 3.53. The molecule has 0 heterocycles. The van der Waals surface area contributed by atoms with Crippen LogP contribution in [-0.2, 0) is 14.3 Å². The fraction of sp³-hybridized carbons (Fsp3) is 0.855. The van der Waals surface area contributed by atoms with Crippen molar-refractivity contribution in [2.24, 2.45) is 0 Å². The molecule has 2 atom stereocenters. The van der Waals surface area contributed by atoms with Gasteiger partial charge < -0.3 is 20.3 Å². The molecule has 0 aliphatic carbocycles. The van der Waals surface area contributed by atoms with E-state index in [-0.39, 0.29) is 18.5 Å². The predicted octanol–water partition coefficient (Wildman–Crippen LogP) is 16.1. The minimum atomic E-state index is -0.862. The maximum atomic E-state index is 12.4. The van der Waals surface area contributed by atoms with Crippen LogP contribution < -0.4 is 5.32 Å². The van der Waals surface area contributed by atoms with Gasteiger partial charge in [0.1, 0.15) is 0 Å². The summed E-state index contributed by atoms with van der Waals surface area (Å²) in [6.45, 7) is 4.85. The van der Waals surface area contributed by atoms with Crippen molar-refractivity contribution in [2.75, 3.05) is 13.2 Å². The number of carbonyl (C=O) groups excluding carboxylic acids is 2. The summed E-state index contributed by atoms with van der Waals surface area (Å²) in [4.78, 5) is 24.5. The van der Waals surface area contributed by atoms with Crippen molar-refractivity contribution in [3.05, 3.63) is 36.5 Å². The average Bonchev–Trinajstić information content (AvgIpc) is 3.26. The lowest BCUT2D eigenvalue weighted by atomic mass is 10.0. The molecular formula is C55H103NO5. The van der Waals surface area contributed by atoms with E-state index in [1.165, 1.54) is 180 Å². The number of allylic oxidation sites excluding steroid dienone is 5. The highest BCUT2D eigenvalue weighted by atomic mass is 16.5. The molecule has 0 aliphatic heterocycles. The second-order valence-electron chi connectivity index (χ2n) is 18.2. The van der Waals surface area contributed by atoms with Gasteiger partial charge in [-0.2, -0.15) is 0 Å². The molecule has 61 heavy (non-hydrogen) atoms. The molecule has 6 heteroatoms. The first kappa shape index (κ1) is 59.1. The minimum absolute atomic E-state index is 0.0218. The van der Waals surface area contributed by atoms with Gasteiger partial charge in [-0.3, -0.25) is 9.59 Å². The number of aliphatic hydroxyl groups is 2. The van der Waals surface area contributed by atoms with Gasteiger partial charge in [-0.1, -0.05) is 217 Å². The van der Waals surface area contributed by atoms with E-state index in [9.17, 15) is 19.8 Å². The van der Waals surface area contributed by atoms with Crippen LogP contribution in [0.3, 0.4) is 0 Å². The van der Waals surface area contributed by atoms with E-state index in [4.69, 9.17) is 4.74 Å². The summed E-state index contributed by atoms with van der Waals surface area (Å²) in [7, 11) is 0. The van der Waals surface area contributed by atoms with Gasteiger partial charge in [-0.15, -0.1) is 0 Å². The summed E-state index contributed by atoms with van der Waals surface area (Å²) in [6.07, 6.45) is 61.5. The lowest BCUT2D eigenvalue weighted by Gasteiger charge is -2.19. The van der Waals surface area contributed by atoms with Gasteiger partial charge >= 0.3 is 5.97 Å². The monoisotopic (exact) mass is 858 g/mol. The standard InChI is InChI=1S/C55H103NO5/c1-3-5-7-9-11-13-15-17-19-21-25-29-33-37-41-45-49-55(60)61-50-46-42-38-34-30-26-22-24-28-32-36-40-44-48-54(59)56-52(51-57)53(58)47-43-39-35-31-27-23-20-18-16-14-12-10-8-6-4-2/h19,21,24,28,43,47,52-53,57-58H,3-18,20,22-23,25-27,29-42,44-46,48-51H2,1-2H3,(H,56,59)/b21-19-,28-24-,47-43+. The van der Waals surface area contributed by atoms with E-state index in [0.717, 1.165) is 70.6 Å². The third kappa shape index (κ3) is 47.4. The van der Waals surface area contributed by atoms with Crippen LogP contribution in [-0.4, -0.2) is 47.4 Å². The van der Waals surface area contributed by atoms with Crippen molar-refractivity contribution in [3.8, 4) is 0 Å². The van der Waals surface area contributed by atoms with E-state index in [1.807, 2.05) is 6.08 Å². The van der Waals surface area contributed by atoms with Gasteiger partial charge in [0.05, 0.1) is 25.4 Å². The zero-order chi connectivity index (χ0) is 44.4. The Hall–Kier alpha value is -1.92. The molecule has 3 N–H and O–H groups in total. The molecule has 0 radical (unpaired) electrons. The smallest absolute Gasteiger partial charge is 0.305 e. The van der Waals surface area contributed by atoms with Gasteiger partial charge in [0, 0.05) is 12.8 Å². The predicted molar refractivity (Wildman–Crippen MR) is 264 cm³/mol. The number of amides is 1. The second-order valence-corrected chi connectivity index (χ2v) is 18.2. The first-order valence-electron chi connectivity index (χ1n) is 26.8. The number of unbranched alkanes of at least 4 members (excludes halogenated alkanes) is 34. The number of aliphatic hydroxyl groups excluding tert-OH is 2. The molecule has 1 amide bonds. The molecule has 2 unspecified atom stereocenters. The highest BCUT2D eigenvalue weighted by Gasteiger charge is 2.18. The third-order valence-electron chi connectivity index (χ3n) is 12.1. The number of ether oxygens (including phenoxy) is 1. The fourth-order valence-corrected chi connectivity index (χ4v) is 7.97. The van der Waals surface area contributed by atoms with Crippen LogP contribution in [0.25, 0.3) is 0 Å². The molecule has 0 saturated carbocycles. The highest BCUT2D eigenvalue weighted by molar-refractivity contribution is 5.76. The number of rotatable bonds is 49. The van der Waals surface area contributed by atoms with Crippen LogP contribution in [0.5, 0.6) is 0 Å². The fourth-order valence-electron chi connectivity index (χ4n) is 7.97. The molecule has 0 fully saturated rings. The van der Waals surface area contributed by atoms with E-state index < -0.39 is 12.1 Å². The molecule has 0 spiro atoms. The van der Waals surface area contributed by atoms with Gasteiger partial charge in [0.25, 0.3) is 0 Å². The molecule has 6 nitrogen and oxygen atoms in total. The Labute approximate surface area is 379 Å². The zero-order valence-corrected chi connectivity index (χ0v) is 40.6. The largest absolute Gasteiger partial charge is 0.466 e. The Morgan fingerprint density at radius 2 is 0.770 bits per heavy atom. The lowest BCUT2D eigenvalue weighted by Crippen LogP contribution is -2.45. The van der Waals surface area contributed by atoms with Crippen molar-refractivity contribution in [2.45, 2.75) is 289 Å². The minimum Gasteiger partial charge on any atom is -0.466 e. The summed E-state index contributed by atoms with van der Waals surface area (Å²) in [6, 6.07) is -0.648. The van der Waals surface area contributed by atoms with Crippen LogP contribution in [0.2, 0.25) is 0 Å². The number of hydrogen-bond donors (Lipinski definition) is 3. The van der Waals surface area contributed by atoms with Gasteiger partial charge in [-0.25, -0.2) is 0 Å². The molecular weight excluding hydrogens is 755 g/mol. The number of hydrogen-bond acceptors (Lipinski definition) is 5. The van der Waals surface area contributed by atoms with Crippen LogP contribution in [0.15, 0.2) is 36.5 Å². The summed E-state index contributed by atoms with van der Waals surface area (Å²) < 4.78 is 5.46. The Morgan fingerprint density at radius 3 is 1.18 bits per heavy atom. The summed E-state index contributed by atoms with van der Waals surface area (Å²) in [5, 5.41) is 23.0. The highest BCUT2D eigenvalue weighted by Crippen LogP contribution is 2.15. The Bertz CT molecular complexity index is 993. The van der Waals surface area contributed by atoms with Gasteiger partial charge in [0.2, 0.25) is 5.91 Å². The molecule has 0 aromatic heterocycles. The van der Waals surface area contributed by atoms with Crippen molar-refractivity contribution in [1.82, 2.24) is 5.32 Å². The Morgan fingerprint density at radius 1 is 0.443 bits per heavy atom. The quantitative estimate of drug-likeness (QED) is 0.0322. The normalized spacial score (nSPS) is 12.9. The van der Waals surface area contributed by atoms with E-state index in [1.54, 1.807) is 6.08 Å². The number of esters is 1. The topological polar surface area (TPSA) is 95.9 Å². The number of nitrogens with one attached hydrogen (secondary N) is 1. The molecule has 0 rings (SSSR count). The van der Waals surface area contributed by atoms with Crippen LogP contribution >= 0.6 is 0 Å². The van der Waals surface area contributed by atoms with Crippen molar-refractivity contribution < 1.29 is 24.5 Å². The molecule has 0 saturated heterocycles. The molecule has 0 aromatic carbocycles. The summed E-state index contributed by atoms with van der Waals surface area (Å²) in [5.41, 5.74) is 0. The maximum Gasteiger partial charge on any atom is 0.305 e. The van der Waals surface area contributed by atoms with Gasteiger partial charge in [-0.05, 0) is 83.5 Å². The van der Waals surface area contributed by atoms with Crippen molar-refractivity contribution in [1.29, 1.82) is 0 Å². The molecule has 0 aromatic rings. The zero-order valence-electron chi connectivity index (χ0n) is 40.6. The molecule has 0 aliphatic rings. The van der Waals surface area contributed by atoms with Gasteiger partial charge in [0.15, 0.2) is 0 Å². The van der Waals surface area contributed by atoms with Crippen LogP contribution in [0, 0.1) is 0 Å². The third-order valence-corrected chi connectivity index (χ3v) is 12.1. The van der Waals surface area contributed by atoms with E-state index in [2.05, 4.69) is 43.5 Å². The van der Waals surface area contributed by atoms with E-state index >= 15 is 0 Å². The Kier molecular flexibility index (Phi) is 49.1. The first-order chi connectivity index (χ1) is 30.0.